The van der Waals surface area contributed by atoms with Gasteiger partial charge in [0.05, 0.1) is 11.7 Å². The summed E-state index contributed by atoms with van der Waals surface area (Å²) in [6, 6.07) is 3.58. The zero-order valence-electron chi connectivity index (χ0n) is 14.0. The van der Waals surface area contributed by atoms with Crippen LogP contribution < -0.4 is 5.32 Å². The van der Waals surface area contributed by atoms with Crippen LogP contribution in [-0.4, -0.2) is 21.5 Å². The SMILES string of the molecule is O=C(NC1CCn2cncc2C1)C1(c2ccc(F)cc2F)CCCC1. The number of benzene rings is 1. The molecule has 2 heterocycles. The minimum atomic E-state index is -0.879. The fraction of sp³-hybridized carbons (Fsp3) is 0.474. The highest BCUT2D eigenvalue weighted by Gasteiger charge is 2.45. The van der Waals surface area contributed by atoms with Crippen LogP contribution >= 0.6 is 0 Å². The standard InChI is InChI=1S/C19H21F2N3O/c20-13-3-4-16(17(21)9-13)19(6-1-2-7-19)18(25)23-14-5-8-24-12-22-11-15(24)10-14/h3-4,9,11-12,14H,1-2,5-8,10H2,(H,23,25). The number of hydrogen-bond acceptors (Lipinski definition) is 2. The molecule has 0 saturated heterocycles. The summed E-state index contributed by atoms with van der Waals surface area (Å²) in [4.78, 5) is 17.3. The van der Waals surface area contributed by atoms with Crippen molar-refractivity contribution in [2.24, 2.45) is 0 Å². The van der Waals surface area contributed by atoms with Crippen LogP contribution in [0, 0.1) is 11.6 Å². The number of carbonyl (C=O) groups is 1. The van der Waals surface area contributed by atoms with Crippen LogP contribution in [0.1, 0.15) is 43.4 Å². The summed E-state index contributed by atoms with van der Waals surface area (Å²) >= 11 is 0. The van der Waals surface area contributed by atoms with Crippen LogP contribution in [0.15, 0.2) is 30.7 Å². The highest BCUT2D eigenvalue weighted by molar-refractivity contribution is 5.89. The molecule has 1 atom stereocenters. The van der Waals surface area contributed by atoms with Crippen molar-refractivity contribution in [3.05, 3.63) is 53.6 Å². The predicted molar refractivity (Wildman–Crippen MR) is 89.0 cm³/mol. The average molecular weight is 345 g/mol. The van der Waals surface area contributed by atoms with Crippen LogP contribution in [-0.2, 0) is 23.2 Å². The van der Waals surface area contributed by atoms with E-state index in [1.807, 2.05) is 6.20 Å². The summed E-state index contributed by atoms with van der Waals surface area (Å²) in [7, 11) is 0. The van der Waals surface area contributed by atoms with Gasteiger partial charge in [-0.1, -0.05) is 18.9 Å². The van der Waals surface area contributed by atoms with Crippen LogP contribution in [0.25, 0.3) is 0 Å². The van der Waals surface area contributed by atoms with Gasteiger partial charge in [0.25, 0.3) is 0 Å². The molecular formula is C19H21F2N3O. The van der Waals surface area contributed by atoms with Crippen LogP contribution in [0.3, 0.4) is 0 Å². The molecule has 1 aromatic heterocycles. The van der Waals surface area contributed by atoms with Crippen LogP contribution in [0.2, 0.25) is 0 Å². The Balaban J connectivity index is 1.58. The molecule has 1 amide bonds. The van der Waals surface area contributed by atoms with E-state index in [2.05, 4.69) is 14.9 Å². The van der Waals surface area contributed by atoms with E-state index in [1.54, 1.807) is 6.33 Å². The molecule has 2 aromatic rings. The molecule has 0 spiro atoms. The van der Waals surface area contributed by atoms with E-state index < -0.39 is 17.0 Å². The molecule has 1 fully saturated rings. The summed E-state index contributed by atoms with van der Waals surface area (Å²) in [6.45, 7) is 0.818. The van der Waals surface area contributed by atoms with Crippen molar-refractivity contribution in [1.82, 2.24) is 14.9 Å². The second-order valence-electron chi connectivity index (χ2n) is 7.15. The third-order valence-corrected chi connectivity index (χ3v) is 5.65. The summed E-state index contributed by atoms with van der Waals surface area (Å²) in [5, 5.41) is 3.13. The van der Waals surface area contributed by atoms with Crippen molar-refractivity contribution in [3.8, 4) is 0 Å². The second-order valence-corrected chi connectivity index (χ2v) is 7.15. The third kappa shape index (κ3) is 2.83. The molecule has 1 aliphatic heterocycles. The lowest BCUT2D eigenvalue weighted by atomic mass is 9.77. The normalized spacial score (nSPS) is 21.8. The number of halogens is 2. The number of aryl methyl sites for hydroxylation is 1. The molecule has 1 aliphatic carbocycles. The Morgan fingerprint density at radius 3 is 2.84 bits per heavy atom. The molecule has 1 N–H and O–H groups in total. The number of nitrogens with zero attached hydrogens (tertiary/aromatic N) is 2. The number of hydrogen-bond donors (Lipinski definition) is 1. The number of rotatable bonds is 3. The number of fused-ring (bicyclic) bond motifs is 1. The first-order valence-corrected chi connectivity index (χ1v) is 8.84. The van der Waals surface area contributed by atoms with Crippen molar-refractivity contribution in [3.63, 3.8) is 0 Å². The second kappa shape index (κ2) is 6.24. The number of aromatic nitrogens is 2. The van der Waals surface area contributed by atoms with E-state index in [9.17, 15) is 13.6 Å². The first-order valence-electron chi connectivity index (χ1n) is 8.84. The average Bonchev–Trinajstić information content (AvgIpc) is 3.24. The molecule has 1 saturated carbocycles. The lowest BCUT2D eigenvalue weighted by molar-refractivity contribution is -0.127. The Morgan fingerprint density at radius 1 is 1.28 bits per heavy atom. The molecule has 25 heavy (non-hydrogen) atoms. The first kappa shape index (κ1) is 16.2. The zero-order valence-corrected chi connectivity index (χ0v) is 14.0. The lowest BCUT2D eigenvalue weighted by Crippen LogP contribution is -2.49. The Morgan fingerprint density at radius 2 is 2.08 bits per heavy atom. The van der Waals surface area contributed by atoms with Crippen molar-refractivity contribution in [2.45, 2.75) is 56.5 Å². The topological polar surface area (TPSA) is 46.9 Å². The Hall–Kier alpha value is -2.24. The van der Waals surface area contributed by atoms with Gasteiger partial charge in [-0.05, 0) is 25.3 Å². The third-order valence-electron chi connectivity index (χ3n) is 5.65. The van der Waals surface area contributed by atoms with Gasteiger partial charge in [0.1, 0.15) is 11.6 Å². The molecule has 4 rings (SSSR count). The van der Waals surface area contributed by atoms with Gasteiger partial charge >= 0.3 is 0 Å². The number of carbonyl (C=O) groups excluding carboxylic acids is 1. The number of amides is 1. The van der Waals surface area contributed by atoms with Gasteiger partial charge in [-0.3, -0.25) is 4.79 Å². The quantitative estimate of drug-likeness (QED) is 0.929. The monoisotopic (exact) mass is 345 g/mol. The Bertz CT molecular complexity index is 796. The smallest absolute Gasteiger partial charge is 0.230 e. The molecule has 132 valence electrons. The van der Waals surface area contributed by atoms with Crippen LogP contribution in [0.5, 0.6) is 0 Å². The molecule has 1 unspecified atom stereocenters. The maximum atomic E-state index is 14.4. The lowest BCUT2D eigenvalue weighted by Gasteiger charge is -2.32. The van der Waals surface area contributed by atoms with E-state index in [4.69, 9.17) is 0 Å². The minimum absolute atomic E-state index is 0.0256. The molecule has 0 bridgehead atoms. The van der Waals surface area contributed by atoms with E-state index in [0.29, 0.717) is 18.4 Å². The van der Waals surface area contributed by atoms with E-state index in [0.717, 1.165) is 44.0 Å². The largest absolute Gasteiger partial charge is 0.352 e. The van der Waals surface area contributed by atoms with Gasteiger partial charge in [-0.2, -0.15) is 0 Å². The highest BCUT2D eigenvalue weighted by Crippen LogP contribution is 2.42. The highest BCUT2D eigenvalue weighted by atomic mass is 19.1. The summed E-state index contributed by atoms with van der Waals surface area (Å²) in [5.41, 5.74) is 0.546. The van der Waals surface area contributed by atoms with Crippen LogP contribution in [0.4, 0.5) is 8.78 Å². The van der Waals surface area contributed by atoms with Gasteiger partial charge in [0, 0.05) is 42.5 Å². The zero-order chi connectivity index (χ0) is 17.4. The molecule has 4 nitrogen and oxygen atoms in total. The number of imidazole rings is 1. The van der Waals surface area contributed by atoms with E-state index >= 15 is 0 Å². The fourth-order valence-corrected chi connectivity index (χ4v) is 4.29. The maximum absolute atomic E-state index is 14.4. The first-order chi connectivity index (χ1) is 12.1. The Kier molecular flexibility index (Phi) is 4.06. The molecular weight excluding hydrogens is 324 g/mol. The van der Waals surface area contributed by atoms with Gasteiger partial charge in [-0.15, -0.1) is 0 Å². The molecule has 0 radical (unpaired) electrons. The summed E-state index contributed by atoms with van der Waals surface area (Å²) < 4.78 is 29.8. The van der Waals surface area contributed by atoms with Gasteiger partial charge in [-0.25, -0.2) is 13.8 Å². The van der Waals surface area contributed by atoms with E-state index in [-0.39, 0.29) is 11.9 Å². The van der Waals surface area contributed by atoms with Gasteiger partial charge < -0.3 is 9.88 Å². The van der Waals surface area contributed by atoms with E-state index in [1.165, 1.54) is 12.1 Å². The maximum Gasteiger partial charge on any atom is 0.230 e. The van der Waals surface area contributed by atoms with Gasteiger partial charge in [0.15, 0.2) is 0 Å². The predicted octanol–water partition coefficient (Wildman–Crippen LogP) is 3.10. The fourth-order valence-electron chi connectivity index (χ4n) is 4.29. The van der Waals surface area contributed by atoms with Crippen molar-refractivity contribution >= 4 is 5.91 Å². The minimum Gasteiger partial charge on any atom is -0.352 e. The molecule has 6 heteroatoms. The molecule has 2 aliphatic rings. The number of nitrogens with one attached hydrogen (secondary N) is 1. The Labute approximate surface area is 145 Å². The molecule has 1 aromatic carbocycles. The van der Waals surface area contributed by atoms with Crippen molar-refractivity contribution < 1.29 is 13.6 Å². The van der Waals surface area contributed by atoms with Gasteiger partial charge in [0.2, 0.25) is 5.91 Å². The van der Waals surface area contributed by atoms with Crippen molar-refractivity contribution in [1.29, 1.82) is 0 Å². The van der Waals surface area contributed by atoms with Crippen molar-refractivity contribution in [2.75, 3.05) is 0 Å². The summed E-state index contributed by atoms with van der Waals surface area (Å²) in [6.07, 6.45) is 8.15. The summed E-state index contributed by atoms with van der Waals surface area (Å²) in [5.74, 6) is -1.37.